The third-order valence-electron chi connectivity index (χ3n) is 3.44. The third-order valence-corrected chi connectivity index (χ3v) is 3.72. The molecule has 1 amide bonds. The van der Waals surface area contributed by atoms with Crippen LogP contribution in [-0.2, 0) is 0 Å². The van der Waals surface area contributed by atoms with Gasteiger partial charge in [-0.25, -0.2) is 9.97 Å². The second kappa shape index (κ2) is 8.51. The van der Waals surface area contributed by atoms with Gasteiger partial charge in [0.2, 0.25) is 0 Å². The van der Waals surface area contributed by atoms with Crippen molar-refractivity contribution in [3.05, 3.63) is 22.7 Å². The molecule has 1 aliphatic rings. The van der Waals surface area contributed by atoms with E-state index < -0.39 is 0 Å². The Morgan fingerprint density at radius 2 is 2.33 bits per heavy atom. The van der Waals surface area contributed by atoms with Crippen molar-refractivity contribution in [2.45, 2.75) is 32.6 Å². The predicted molar refractivity (Wildman–Crippen MR) is 86.3 cm³/mol. The molecule has 21 heavy (non-hydrogen) atoms. The van der Waals surface area contributed by atoms with Gasteiger partial charge >= 0.3 is 0 Å². The minimum absolute atomic E-state index is 0. The fourth-order valence-electron chi connectivity index (χ4n) is 2.24. The summed E-state index contributed by atoms with van der Waals surface area (Å²) in [5.74, 6) is 1.07. The van der Waals surface area contributed by atoms with Gasteiger partial charge in [-0.2, -0.15) is 0 Å². The number of amides is 1. The normalized spacial score (nSPS) is 18.2. The van der Waals surface area contributed by atoms with E-state index in [4.69, 9.17) is 11.6 Å². The summed E-state index contributed by atoms with van der Waals surface area (Å²) in [6, 6.07) is 0. The summed E-state index contributed by atoms with van der Waals surface area (Å²) in [5.41, 5.74) is 0.272. The van der Waals surface area contributed by atoms with Gasteiger partial charge in [0.1, 0.15) is 11.5 Å². The van der Waals surface area contributed by atoms with E-state index in [9.17, 15) is 4.79 Å². The molecule has 1 fully saturated rings. The number of halogens is 2. The molecular weight excluding hydrogens is 311 g/mol. The van der Waals surface area contributed by atoms with Crippen molar-refractivity contribution in [2.24, 2.45) is 5.92 Å². The van der Waals surface area contributed by atoms with Crippen LogP contribution in [0.2, 0.25) is 5.02 Å². The summed E-state index contributed by atoms with van der Waals surface area (Å²) in [6.07, 6.45) is 3.80. The van der Waals surface area contributed by atoms with Gasteiger partial charge in [-0.3, -0.25) is 4.79 Å². The Balaban J connectivity index is 0.00000220. The van der Waals surface area contributed by atoms with Gasteiger partial charge < -0.3 is 10.6 Å². The Labute approximate surface area is 136 Å². The van der Waals surface area contributed by atoms with Crippen molar-refractivity contribution in [3.8, 4) is 0 Å². The summed E-state index contributed by atoms with van der Waals surface area (Å²) in [6.45, 7) is 6.65. The van der Waals surface area contributed by atoms with E-state index in [1.54, 1.807) is 0 Å². The molecule has 1 aromatic rings. The molecule has 1 aliphatic heterocycles. The maximum atomic E-state index is 12.2. The first-order chi connectivity index (χ1) is 9.58. The molecule has 5 nitrogen and oxygen atoms in total. The van der Waals surface area contributed by atoms with E-state index in [0.29, 0.717) is 23.3 Å². The summed E-state index contributed by atoms with van der Waals surface area (Å²) in [7, 11) is 0. The van der Waals surface area contributed by atoms with Crippen molar-refractivity contribution in [1.29, 1.82) is 0 Å². The van der Waals surface area contributed by atoms with Gasteiger partial charge in [0.25, 0.3) is 5.91 Å². The Bertz CT molecular complexity index is 476. The molecular formula is C14H22Cl2N4O. The average molecular weight is 333 g/mol. The Hall–Kier alpha value is -0.910. The highest BCUT2D eigenvalue weighted by Crippen LogP contribution is 2.16. The van der Waals surface area contributed by atoms with Crippen LogP contribution in [0.3, 0.4) is 0 Å². The molecule has 0 aromatic carbocycles. The molecule has 1 saturated heterocycles. The van der Waals surface area contributed by atoms with Crippen molar-refractivity contribution in [1.82, 2.24) is 20.6 Å². The second-order valence-electron chi connectivity index (χ2n) is 5.50. The Kier molecular flexibility index (Phi) is 7.35. The lowest BCUT2D eigenvalue weighted by Gasteiger charge is -2.22. The van der Waals surface area contributed by atoms with E-state index in [-0.39, 0.29) is 29.9 Å². The van der Waals surface area contributed by atoms with Gasteiger partial charge in [0, 0.05) is 12.5 Å². The van der Waals surface area contributed by atoms with Crippen LogP contribution in [0.15, 0.2) is 6.20 Å². The number of hydrogen-bond acceptors (Lipinski definition) is 4. The molecule has 1 atom stereocenters. The highest BCUT2D eigenvalue weighted by molar-refractivity contribution is 6.33. The van der Waals surface area contributed by atoms with Crippen molar-refractivity contribution >= 4 is 29.9 Å². The smallest absolute Gasteiger partial charge is 0.271 e. The first kappa shape index (κ1) is 18.1. The summed E-state index contributed by atoms with van der Waals surface area (Å²) in [4.78, 5) is 20.6. The van der Waals surface area contributed by atoms with Gasteiger partial charge in [-0.05, 0) is 31.8 Å². The standard InChI is InChI=1S/C14H21ClN4O.ClH/c1-9(2)13-17-8-11(15)12(19-13)14(20)18-7-10-4-3-5-16-6-10;/h8-10,16H,3-7H2,1-2H3,(H,18,20);1H. The molecule has 1 unspecified atom stereocenters. The van der Waals surface area contributed by atoms with E-state index in [0.717, 1.165) is 25.9 Å². The number of hydrogen-bond donors (Lipinski definition) is 2. The van der Waals surface area contributed by atoms with Gasteiger partial charge in [0.05, 0.1) is 11.2 Å². The number of rotatable bonds is 4. The van der Waals surface area contributed by atoms with Crippen LogP contribution in [0.4, 0.5) is 0 Å². The quantitative estimate of drug-likeness (QED) is 0.888. The van der Waals surface area contributed by atoms with Gasteiger partial charge in [0.15, 0.2) is 0 Å². The number of piperidine rings is 1. The highest BCUT2D eigenvalue weighted by atomic mass is 35.5. The largest absolute Gasteiger partial charge is 0.350 e. The van der Waals surface area contributed by atoms with Crippen LogP contribution < -0.4 is 10.6 Å². The minimum Gasteiger partial charge on any atom is -0.350 e. The maximum absolute atomic E-state index is 12.2. The number of carbonyl (C=O) groups is 1. The second-order valence-corrected chi connectivity index (χ2v) is 5.91. The zero-order chi connectivity index (χ0) is 14.5. The molecule has 118 valence electrons. The number of nitrogens with one attached hydrogen (secondary N) is 2. The van der Waals surface area contributed by atoms with E-state index in [1.165, 1.54) is 6.20 Å². The summed E-state index contributed by atoms with van der Waals surface area (Å²) < 4.78 is 0. The number of nitrogens with zero attached hydrogens (tertiary/aromatic N) is 2. The lowest BCUT2D eigenvalue weighted by atomic mass is 10.00. The van der Waals surface area contributed by atoms with Crippen molar-refractivity contribution in [3.63, 3.8) is 0 Å². The topological polar surface area (TPSA) is 66.9 Å². The predicted octanol–water partition coefficient (Wildman–Crippen LogP) is 2.40. The molecule has 0 bridgehead atoms. The molecule has 2 rings (SSSR count). The molecule has 1 aromatic heterocycles. The first-order valence-electron chi connectivity index (χ1n) is 7.09. The molecule has 2 N–H and O–H groups in total. The van der Waals surface area contributed by atoms with Crippen LogP contribution in [-0.4, -0.2) is 35.5 Å². The van der Waals surface area contributed by atoms with Crippen LogP contribution in [0.5, 0.6) is 0 Å². The third kappa shape index (κ3) is 5.09. The molecule has 7 heteroatoms. The van der Waals surface area contributed by atoms with E-state index in [2.05, 4.69) is 20.6 Å². The van der Waals surface area contributed by atoms with Crippen molar-refractivity contribution in [2.75, 3.05) is 19.6 Å². The molecule has 0 spiro atoms. The Morgan fingerprint density at radius 3 is 2.95 bits per heavy atom. The summed E-state index contributed by atoms with van der Waals surface area (Å²) >= 11 is 6.02. The molecule has 0 aliphatic carbocycles. The lowest BCUT2D eigenvalue weighted by molar-refractivity contribution is 0.0939. The van der Waals surface area contributed by atoms with Crippen LogP contribution in [0.25, 0.3) is 0 Å². The fourth-order valence-corrected chi connectivity index (χ4v) is 2.41. The zero-order valence-electron chi connectivity index (χ0n) is 12.4. The molecule has 2 heterocycles. The van der Waals surface area contributed by atoms with Crippen LogP contribution in [0, 0.1) is 5.92 Å². The Morgan fingerprint density at radius 1 is 1.57 bits per heavy atom. The molecule has 0 saturated carbocycles. The van der Waals surface area contributed by atoms with Crippen LogP contribution >= 0.6 is 24.0 Å². The van der Waals surface area contributed by atoms with Gasteiger partial charge in [-0.15, -0.1) is 12.4 Å². The lowest BCUT2D eigenvalue weighted by Crippen LogP contribution is -2.38. The number of carbonyl (C=O) groups excluding carboxylic acids is 1. The van der Waals surface area contributed by atoms with Gasteiger partial charge in [-0.1, -0.05) is 25.4 Å². The maximum Gasteiger partial charge on any atom is 0.271 e. The first-order valence-corrected chi connectivity index (χ1v) is 7.47. The van der Waals surface area contributed by atoms with Crippen LogP contribution in [0.1, 0.15) is 48.9 Å². The minimum atomic E-state index is -0.218. The average Bonchev–Trinajstić information content (AvgIpc) is 2.46. The number of aromatic nitrogens is 2. The monoisotopic (exact) mass is 332 g/mol. The van der Waals surface area contributed by atoms with E-state index in [1.807, 2.05) is 13.8 Å². The van der Waals surface area contributed by atoms with E-state index >= 15 is 0 Å². The SMILES string of the molecule is CC(C)c1ncc(Cl)c(C(=O)NCC2CCCNC2)n1.Cl. The summed E-state index contributed by atoms with van der Waals surface area (Å²) in [5, 5.41) is 6.55. The zero-order valence-corrected chi connectivity index (χ0v) is 13.9. The highest BCUT2D eigenvalue weighted by Gasteiger charge is 2.18. The molecule has 0 radical (unpaired) electrons. The fraction of sp³-hybridized carbons (Fsp3) is 0.643. The van der Waals surface area contributed by atoms with Crippen molar-refractivity contribution < 1.29 is 4.79 Å².